The van der Waals surface area contributed by atoms with Crippen LogP contribution in [0.1, 0.15) is 23.5 Å². The summed E-state index contributed by atoms with van der Waals surface area (Å²) in [6.45, 7) is -0.837. The lowest BCUT2D eigenvalue weighted by Gasteiger charge is -2.15. The van der Waals surface area contributed by atoms with Crippen LogP contribution in [-0.4, -0.2) is 18.3 Å². The molecule has 1 aromatic heterocycles. The summed E-state index contributed by atoms with van der Waals surface area (Å²) in [6, 6.07) is 8.35. The molecule has 0 aliphatic rings. The molecule has 0 saturated heterocycles. The summed E-state index contributed by atoms with van der Waals surface area (Å²) in [5, 5.41) is 12.2. The number of ether oxygens (including phenoxy) is 2. The molecule has 0 aliphatic heterocycles. The molecule has 0 radical (unpaired) electrons. The third-order valence-corrected chi connectivity index (χ3v) is 3.74. The summed E-state index contributed by atoms with van der Waals surface area (Å²) >= 11 is 1.56. The molecule has 2 aromatic rings. The van der Waals surface area contributed by atoms with Crippen LogP contribution >= 0.6 is 11.3 Å². The van der Waals surface area contributed by atoms with E-state index in [1.54, 1.807) is 30.4 Å². The van der Waals surface area contributed by atoms with Gasteiger partial charge in [0.05, 0.1) is 12.7 Å². The van der Waals surface area contributed by atoms with Crippen LogP contribution in [0.2, 0.25) is 0 Å². The maximum Gasteiger partial charge on any atom is 0.387 e. The van der Waals surface area contributed by atoms with Crippen LogP contribution in [-0.2, 0) is 6.42 Å². The summed E-state index contributed by atoms with van der Waals surface area (Å²) in [5.41, 5.74) is 0.605. The molecule has 0 amide bonds. The largest absolute Gasteiger partial charge is 0.490 e. The molecule has 1 unspecified atom stereocenters. The first-order valence-corrected chi connectivity index (χ1v) is 7.40. The van der Waals surface area contributed by atoms with Crippen LogP contribution < -0.4 is 9.47 Å². The van der Waals surface area contributed by atoms with Crippen LogP contribution in [0.15, 0.2) is 35.7 Å². The SMILES string of the molecule is CCOc1cc(C(O)Cc2cccs2)ccc1OC(F)F. The van der Waals surface area contributed by atoms with E-state index in [9.17, 15) is 13.9 Å². The number of rotatable bonds is 7. The smallest absolute Gasteiger partial charge is 0.387 e. The molecule has 1 heterocycles. The van der Waals surface area contributed by atoms with Crippen molar-refractivity contribution in [2.24, 2.45) is 0 Å². The molecule has 1 atom stereocenters. The van der Waals surface area contributed by atoms with E-state index < -0.39 is 12.7 Å². The fourth-order valence-electron chi connectivity index (χ4n) is 1.93. The highest BCUT2D eigenvalue weighted by Gasteiger charge is 2.15. The molecule has 2 rings (SSSR count). The zero-order valence-electron chi connectivity index (χ0n) is 11.5. The van der Waals surface area contributed by atoms with E-state index in [1.165, 1.54) is 6.07 Å². The summed E-state index contributed by atoms with van der Waals surface area (Å²) in [4.78, 5) is 1.05. The van der Waals surface area contributed by atoms with Crippen LogP contribution in [0.3, 0.4) is 0 Å². The van der Waals surface area contributed by atoms with E-state index in [4.69, 9.17) is 4.74 Å². The first kappa shape index (κ1) is 15.7. The fourth-order valence-corrected chi connectivity index (χ4v) is 2.67. The Morgan fingerprint density at radius 3 is 2.67 bits per heavy atom. The highest BCUT2D eigenvalue weighted by atomic mass is 32.1. The first-order chi connectivity index (χ1) is 10.1. The van der Waals surface area contributed by atoms with Crippen LogP contribution in [0, 0.1) is 0 Å². The Balaban J connectivity index is 2.17. The van der Waals surface area contributed by atoms with Gasteiger partial charge in [-0.05, 0) is 36.1 Å². The molecule has 0 bridgehead atoms. The van der Waals surface area contributed by atoms with Gasteiger partial charge in [-0.25, -0.2) is 0 Å². The van der Waals surface area contributed by atoms with Gasteiger partial charge in [0.25, 0.3) is 0 Å². The average Bonchev–Trinajstić information content (AvgIpc) is 2.93. The Morgan fingerprint density at radius 2 is 2.05 bits per heavy atom. The normalized spacial score (nSPS) is 12.4. The van der Waals surface area contributed by atoms with Gasteiger partial charge in [-0.1, -0.05) is 12.1 Å². The number of benzene rings is 1. The fraction of sp³-hybridized carbons (Fsp3) is 0.333. The van der Waals surface area contributed by atoms with Gasteiger partial charge in [0.15, 0.2) is 11.5 Å². The second-order valence-electron chi connectivity index (χ2n) is 4.32. The van der Waals surface area contributed by atoms with E-state index in [-0.39, 0.29) is 11.5 Å². The van der Waals surface area contributed by atoms with Gasteiger partial charge in [-0.2, -0.15) is 8.78 Å². The number of aliphatic hydroxyl groups excluding tert-OH is 1. The number of hydrogen-bond donors (Lipinski definition) is 1. The minimum atomic E-state index is -2.91. The molecule has 6 heteroatoms. The van der Waals surface area contributed by atoms with Crippen LogP contribution in [0.25, 0.3) is 0 Å². The number of alkyl halides is 2. The van der Waals surface area contributed by atoms with Gasteiger partial charge in [-0.15, -0.1) is 11.3 Å². The maximum absolute atomic E-state index is 12.3. The molecule has 0 fully saturated rings. The molecule has 0 aliphatic carbocycles. The van der Waals surface area contributed by atoms with Gasteiger partial charge in [0, 0.05) is 11.3 Å². The topological polar surface area (TPSA) is 38.7 Å². The van der Waals surface area contributed by atoms with Crippen molar-refractivity contribution in [2.75, 3.05) is 6.61 Å². The molecule has 1 N–H and O–H groups in total. The quantitative estimate of drug-likeness (QED) is 0.839. The van der Waals surface area contributed by atoms with Crippen molar-refractivity contribution in [3.63, 3.8) is 0 Å². The molecule has 1 aromatic carbocycles. The molecule has 0 spiro atoms. The van der Waals surface area contributed by atoms with Crippen molar-refractivity contribution in [3.05, 3.63) is 46.2 Å². The van der Waals surface area contributed by atoms with E-state index >= 15 is 0 Å². The second kappa shape index (κ2) is 7.38. The predicted octanol–water partition coefficient (Wildman–Crippen LogP) is 4.02. The van der Waals surface area contributed by atoms with E-state index in [1.807, 2.05) is 17.5 Å². The summed E-state index contributed by atoms with van der Waals surface area (Å²) in [5.74, 6) is 0.180. The van der Waals surface area contributed by atoms with E-state index in [0.29, 0.717) is 18.6 Å². The summed E-state index contributed by atoms with van der Waals surface area (Å²) < 4.78 is 34.3. The minimum Gasteiger partial charge on any atom is -0.490 e. The van der Waals surface area contributed by atoms with Crippen molar-refractivity contribution < 1.29 is 23.4 Å². The molecule has 114 valence electrons. The number of hydrogen-bond acceptors (Lipinski definition) is 4. The van der Waals surface area contributed by atoms with Crippen molar-refractivity contribution in [1.29, 1.82) is 0 Å². The van der Waals surface area contributed by atoms with Crippen molar-refractivity contribution >= 4 is 11.3 Å². The van der Waals surface area contributed by atoms with Crippen molar-refractivity contribution in [2.45, 2.75) is 26.1 Å². The second-order valence-corrected chi connectivity index (χ2v) is 5.35. The molecular formula is C15H16F2O3S. The van der Waals surface area contributed by atoms with Gasteiger partial charge in [-0.3, -0.25) is 0 Å². The maximum atomic E-state index is 12.3. The average molecular weight is 314 g/mol. The van der Waals surface area contributed by atoms with Gasteiger partial charge in [0.1, 0.15) is 0 Å². The predicted molar refractivity (Wildman–Crippen MR) is 77.2 cm³/mol. The lowest BCUT2D eigenvalue weighted by Crippen LogP contribution is -2.06. The molecular weight excluding hydrogens is 298 g/mol. The van der Waals surface area contributed by atoms with Gasteiger partial charge in [0.2, 0.25) is 0 Å². The van der Waals surface area contributed by atoms with Crippen LogP contribution in [0.4, 0.5) is 8.78 Å². The highest BCUT2D eigenvalue weighted by molar-refractivity contribution is 7.09. The van der Waals surface area contributed by atoms with Crippen molar-refractivity contribution in [3.8, 4) is 11.5 Å². The Morgan fingerprint density at radius 1 is 1.24 bits per heavy atom. The zero-order chi connectivity index (χ0) is 15.2. The number of halogens is 2. The molecule has 21 heavy (non-hydrogen) atoms. The molecule has 3 nitrogen and oxygen atoms in total. The van der Waals surface area contributed by atoms with Gasteiger partial charge >= 0.3 is 6.61 Å². The standard InChI is InChI=1S/C15H16F2O3S/c1-2-19-14-8-10(5-6-13(14)20-15(16)17)12(18)9-11-4-3-7-21-11/h3-8,12,15,18H,2,9H2,1H3. The van der Waals surface area contributed by atoms with Crippen molar-refractivity contribution in [1.82, 2.24) is 0 Å². The number of thiophene rings is 1. The molecule has 0 saturated carbocycles. The zero-order valence-corrected chi connectivity index (χ0v) is 12.3. The Bertz CT molecular complexity index is 558. The highest BCUT2D eigenvalue weighted by Crippen LogP contribution is 2.33. The van der Waals surface area contributed by atoms with E-state index in [2.05, 4.69) is 4.74 Å². The minimum absolute atomic E-state index is 0.0288. The Kier molecular flexibility index (Phi) is 5.52. The lowest BCUT2D eigenvalue weighted by atomic mass is 10.1. The first-order valence-electron chi connectivity index (χ1n) is 6.52. The summed E-state index contributed by atoms with van der Waals surface area (Å²) in [7, 11) is 0. The third kappa shape index (κ3) is 4.41. The van der Waals surface area contributed by atoms with E-state index in [0.717, 1.165) is 4.88 Å². The number of aliphatic hydroxyl groups is 1. The Labute approximate surface area is 125 Å². The van der Waals surface area contributed by atoms with Crippen LogP contribution in [0.5, 0.6) is 11.5 Å². The third-order valence-electron chi connectivity index (χ3n) is 2.84. The summed E-state index contributed by atoms with van der Waals surface area (Å²) in [6.07, 6.45) is -0.249. The van der Waals surface area contributed by atoms with Gasteiger partial charge < -0.3 is 14.6 Å². The monoisotopic (exact) mass is 314 g/mol. The lowest BCUT2D eigenvalue weighted by molar-refractivity contribution is -0.0514. The Hall–Kier alpha value is -1.66.